The van der Waals surface area contributed by atoms with Crippen molar-refractivity contribution in [1.82, 2.24) is 14.8 Å². The number of rotatable bonds is 6. The second-order valence-electron chi connectivity index (χ2n) is 4.45. The lowest BCUT2D eigenvalue weighted by atomic mass is 10.2. The number of carbonyl (C=O) groups excluding carboxylic acids is 1. The largest absolute Gasteiger partial charge is 0.383 e. The highest BCUT2D eigenvalue weighted by molar-refractivity contribution is 9.10. The van der Waals surface area contributed by atoms with Crippen LogP contribution in [0.25, 0.3) is 0 Å². The summed E-state index contributed by atoms with van der Waals surface area (Å²) in [5.74, 6) is -0.154. The molecule has 0 bridgehead atoms. The highest BCUT2D eigenvalue weighted by atomic mass is 79.9. The quantitative estimate of drug-likeness (QED) is 0.778. The van der Waals surface area contributed by atoms with Gasteiger partial charge in [0.25, 0.3) is 0 Å². The first-order valence-electron chi connectivity index (χ1n) is 6.28. The van der Waals surface area contributed by atoms with Gasteiger partial charge in [-0.2, -0.15) is 0 Å². The molecule has 120 valence electrons. The molecule has 9 heteroatoms. The third-order valence-corrected chi connectivity index (χ3v) is 3.18. The molecule has 22 heavy (non-hydrogen) atoms. The monoisotopic (exact) mass is 389 g/mol. The number of aromatic nitrogens is 3. The topological polar surface area (TPSA) is 95.1 Å². The van der Waals surface area contributed by atoms with Gasteiger partial charge in [-0.25, -0.2) is 9.67 Å². The fourth-order valence-electron chi connectivity index (χ4n) is 1.71. The number of carbonyl (C=O) groups is 1. The molecule has 0 aliphatic heterocycles. The number of amides is 1. The summed E-state index contributed by atoms with van der Waals surface area (Å²) in [5, 5.41) is 6.73. The van der Waals surface area contributed by atoms with Crippen LogP contribution in [0.5, 0.6) is 0 Å². The standard InChI is InChI=1S/C13H16BrN5O2.ClH/c1-21-7-11(15)12(20)17-13-16-8-19(18-13)6-9-3-2-4-10(14)5-9;/h2-5,8,11H,6-7,15H2,1H3,(H,17,18,20);1H. The van der Waals surface area contributed by atoms with Crippen LogP contribution in [0.1, 0.15) is 5.56 Å². The van der Waals surface area contributed by atoms with Gasteiger partial charge < -0.3 is 10.5 Å². The van der Waals surface area contributed by atoms with Gasteiger partial charge >= 0.3 is 0 Å². The molecule has 0 radical (unpaired) electrons. The third kappa shape index (κ3) is 5.38. The number of nitrogens with one attached hydrogen (secondary N) is 1. The number of hydrogen-bond acceptors (Lipinski definition) is 5. The normalized spacial score (nSPS) is 11.6. The summed E-state index contributed by atoms with van der Waals surface area (Å²) in [6, 6.07) is 7.14. The second-order valence-corrected chi connectivity index (χ2v) is 5.36. The Morgan fingerprint density at radius 1 is 1.55 bits per heavy atom. The molecule has 3 N–H and O–H groups in total. The summed E-state index contributed by atoms with van der Waals surface area (Å²) in [5.41, 5.74) is 6.69. The Balaban J connectivity index is 0.00000242. The smallest absolute Gasteiger partial charge is 0.248 e. The number of anilines is 1. The molecule has 0 aliphatic rings. The van der Waals surface area contributed by atoms with Crippen molar-refractivity contribution < 1.29 is 9.53 Å². The first-order chi connectivity index (χ1) is 10.1. The van der Waals surface area contributed by atoms with Gasteiger partial charge in [-0.15, -0.1) is 17.5 Å². The molecule has 1 heterocycles. The summed E-state index contributed by atoms with van der Waals surface area (Å²) >= 11 is 3.42. The molecule has 2 aromatic rings. The molecule has 0 saturated carbocycles. The first kappa shape index (κ1) is 18.6. The van der Waals surface area contributed by atoms with E-state index in [-0.39, 0.29) is 30.9 Å². The zero-order valence-corrected chi connectivity index (χ0v) is 14.3. The average molecular weight is 391 g/mol. The lowest BCUT2D eigenvalue weighted by Crippen LogP contribution is -2.39. The van der Waals surface area contributed by atoms with Crippen LogP contribution in [0.2, 0.25) is 0 Å². The number of hydrogen-bond donors (Lipinski definition) is 2. The van der Waals surface area contributed by atoms with Crippen LogP contribution in [-0.2, 0) is 16.1 Å². The van der Waals surface area contributed by atoms with Gasteiger partial charge in [0.05, 0.1) is 13.2 Å². The van der Waals surface area contributed by atoms with E-state index in [0.717, 1.165) is 10.0 Å². The van der Waals surface area contributed by atoms with Crippen molar-refractivity contribution in [2.75, 3.05) is 19.0 Å². The van der Waals surface area contributed by atoms with Crippen molar-refractivity contribution in [3.8, 4) is 0 Å². The fraction of sp³-hybridized carbons (Fsp3) is 0.308. The molecule has 1 atom stereocenters. The number of ether oxygens (including phenoxy) is 1. The van der Waals surface area contributed by atoms with Crippen LogP contribution in [0.3, 0.4) is 0 Å². The predicted octanol–water partition coefficient (Wildman–Crippen LogP) is 1.42. The van der Waals surface area contributed by atoms with Crippen molar-refractivity contribution >= 4 is 40.2 Å². The van der Waals surface area contributed by atoms with E-state index in [2.05, 4.69) is 31.3 Å². The van der Waals surface area contributed by atoms with Crippen LogP contribution < -0.4 is 11.1 Å². The molecule has 1 unspecified atom stereocenters. The van der Waals surface area contributed by atoms with E-state index in [0.29, 0.717) is 6.54 Å². The van der Waals surface area contributed by atoms with E-state index in [4.69, 9.17) is 10.5 Å². The van der Waals surface area contributed by atoms with Gasteiger partial charge in [-0.1, -0.05) is 28.1 Å². The predicted molar refractivity (Wildman–Crippen MR) is 89.0 cm³/mol. The summed E-state index contributed by atoms with van der Waals surface area (Å²) in [7, 11) is 1.48. The molecular weight excluding hydrogens is 374 g/mol. The number of nitrogens with two attached hydrogens (primary N) is 1. The molecule has 7 nitrogen and oxygen atoms in total. The van der Waals surface area contributed by atoms with E-state index in [1.54, 1.807) is 11.0 Å². The summed E-state index contributed by atoms with van der Waals surface area (Å²) in [6.07, 6.45) is 1.55. The Morgan fingerprint density at radius 2 is 2.32 bits per heavy atom. The lowest BCUT2D eigenvalue weighted by Gasteiger charge is -2.08. The molecule has 0 spiro atoms. The van der Waals surface area contributed by atoms with E-state index < -0.39 is 6.04 Å². The first-order valence-corrected chi connectivity index (χ1v) is 7.07. The van der Waals surface area contributed by atoms with Crippen LogP contribution in [0.4, 0.5) is 5.95 Å². The molecular formula is C13H17BrClN5O2. The van der Waals surface area contributed by atoms with E-state index in [1.165, 1.54) is 7.11 Å². The Kier molecular flexibility index (Phi) is 7.46. The van der Waals surface area contributed by atoms with Gasteiger partial charge in [0.2, 0.25) is 11.9 Å². The summed E-state index contributed by atoms with van der Waals surface area (Å²) in [6.45, 7) is 0.705. The maximum Gasteiger partial charge on any atom is 0.248 e. The second kappa shape index (κ2) is 8.84. The molecule has 2 rings (SSSR count). The number of benzene rings is 1. The number of halogens is 2. The van der Waals surface area contributed by atoms with Crippen LogP contribution in [-0.4, -0.2) is 40.4 Å². The number of methoxy groups -OCH3 is 1. The minimum absolute atomic E-state index is 0. The van der Waals surface area contributed by atoms with E-state index in [1.807, 2.05) is 24.3 Å². The molecule has 0 aliphatic carbocycles. The highest BCUT2D eigenvalue weighted by Gasteiger charge is 2.15. The van der Waals surface area contributed by atoms with Gasteiger partial charge in [0, 0.05) is 11.6 Å². The Hall–Kier alpha value is -1.48. The Morgan fingerprint density at radius 3 is 3.00 bits per heavy atom. The molecule has 0 saturated heterocycles. The third-order valence-electron chi connectivity index (χ3n) is 2.69. The fourth-order valence-corrected chi connectivity index (χ4v) is 2.16. The van der Waals surface area contributed by atoms with Crippen LogP contribution in [0.15, 0.2) is 35.1 Å². The van der Waals surface area contributed by atoms with E-state index >= 15 is 0 Å². The van der Waals surface area contributed by atoms with Gasteiger partial charge in [0.15, 0.2) is 0 Å². The molecule has 1 aromatic carbocycles. The van der Waals surface area contributed by atoms with Crippen molar-refractivity contribution in [2.45, 2.75) is 12.6 Å². The summed E-state index contributed by atoms with van der Waals surface area (Å²) < 4.78 is 7.46. The van der Waals surface area contributed by atoms with Crippen molar-refractivity contribution in [3.05, 3.63) is 40.6 Å². The summed E-state index contributed by atoms with van der Waals surface area (Å²) in [4.78, 5) is 15.7. The van der Waals surface area contributed by atoms with Crippen molar-refractivity contribution in [3.63, 3.8) is 0 Å². The van der Waals surface area contributed by atoms with Gasteiger partial charge in [-0.05, 0) is 17.7 Å². The molecule has 1 aromatic heterocycles. The highest BCUT2D eigenvalue weighted by Crippen LogP contribution is 2.12. The lowest BCUT2D eigenvalue weighted by molar-refractivity contribution is -0.118. The Bertz CT molecular complexity index is 622. The minimum atomic E-state index is -0.743. The van der Waals surface area contributed by atoms with Gasteiger partial charge in [0.1, 0.15) is 12.4 Å². The maximum atomic E-state index is 11.7. The SMILES string of the molecule is COCC(N)C(=O)Nc1ncn(Cc2cccc(Br)c2)n1.Cl. The van der Waals surface area contributed by atoms with Crippen LogP contribution >= 0.6 is 28.3 Å². The Labute approximate surface area is 142 Å². The van der Waals surface area contributed by atoms with E-state index in [9.17, 15) is 4.79 Å². The zero-order chi connectivity index (χ0) is 15.2. The molecule has 0 fully saturated rings. The van der Waals surface area contributed by atoms with Crippen LogP contribution in [0, 0.1) is 0 Å². The number of nitrogens with zero attached hydrogens (tertiary/aromatic N) is 3. The minimum Gasteiger partial charge on any atom is -0.383 e. The molecule has 1 amide bonds. The van der Waals surface area contributed by atoms with Crippen molar-refractivity contribution in [2.24, 2.45) is 5.73 Å². The zero-order valence-electron chi connectivity index (χ0n) is 11.9. The maximum absolute atomic E-state index is 11.7. The van der Waals surface area contributed by atoms with Gasteiger partial charge in [-0.3, -0.25) is 10.1 Å². The van der Waals surface area contributed by atoms with Crippen molar-refractivity contribution in [1.29, 1.82) is 0 Å². The average Bonchev–Trinajstić information content (AvgIpc) is 2.86.